The van der Waals surface area contributed by atoms with E-state index in [2.05, 4.69) is 61.3 Å². The summed E-state index contributed by atoms with van der Waals surface area (Å²) < 4.78 is 0. The fourth-order valence-electron chi connectivity index (χ4n) is 3.51. The Labute approximate surface area is 244 Å². The molecule has 4 heteroatoms. The maximum Gasteiger partial charge on any atom is 1.00 e. The van der Waals surface area contributed by atoms with Crippen molar-refractivity contribution in [3.8, 4) is 11.8 Å². The Hall–Kier alpha value is -1.31. The van der Waals surface area contributed by atoms with Crippen molar-refractivity contribution < 1.29 is 44.6 Å². The first kappa shape index (κ1) is 36.8. The summed E-state index contributed by atoms with van der Waals surface area (Å²) in [5.41, 5.74) is 0. The molecule has 0 aromatic heterocycles. The number of carbonyl (C=O) groups excluding carboxylic acids is 1. The summed E-state index contributed by atoms with van der Waals surface area (Å²) in [4.78, 5) is 10.3. The van der Waals surface area contributed by atoms with E-state index >= 15 is 0 Å². The van der Waals surface area contributed by atoms with Crippen molar-refractivity contribution in [2.24, 2.45) is 0 Å². The number of unbranched alkanes of at least 4 members (excludes halogenated alkanes) is 10. The van der Waals surface area contributed by atoms with Gasteiger partial charge in [0.25, 0.3) is 0 Å². The van der Waals surface area contributed by atoms with Crippen molar-refractivity contribution >= 4 is 5.97 Å². The fourth-order valence-corrected chi connectivity index (χ4v) is 3.51. The van der Waals surface area contributed by atoms with Crippen LogP contribution in [0.15, 0.2) is 60.8 Å². The van der Waals surface area contributed by atoms with Crippen LogP contribution in [0.3, 0.4) is 0 Å². The van der Waals surface area contributed by atoms with Gasteiger partial charge in [0.2, 0.25) is 0 Å². The van der Waals surface area contributed by atoms with Crippen LogP contribution in [0.2, 0.25) is 0 Å². The summed E-state index contributed by atoms with van der Waals surface area (Å²) in [5.74, 6) is 5.10. The van der Waals surface area contributed by atoms with Gasteiger partial charge in [-0.05, 0) is 63.5 Å². The second-order valence-electron chi connectivity index (χ2n) is 8.90. The van der Waals surface area contributed by atoms with Gasteiger partial charge in [0.15, 0.2) is 0 Å². The van der Waals surface area contributed by atoms with Gasteiger partial charge in [0, 0.05) is 12.4 Å². The largest absolute Gasteiger partial charge is 1.00 e. The normalized spacial score (nSPS) is 12.6. The van der Waals surface area contributed by atoms with Gasteiger partial charge in [0.1, 0.15) is 0 Å². The monoisotopic (exact) mass is 504 g/mol. The molecule has 196 valence electrons. The predicted octanol–water partition coefficient (Wildman–Crippen LogP) is 4.54. The van der Waals surface area contributed by atoms with Gasteiger partial charge < -0.3 is 15.0 Å². The Morgan fingerprint density at radius 2 is 1.33 bits per heavy atom. The van der Waals surface area contributed by atoms with Crippen LogP contribution in [0.4, 0.5) is 0 Å². The van der Waals surface area contributed by atoms with Crippen LogP contribution in [0, 0.1) is 11.8 Å². The smallest absolute Gasteiger partial charge is 0.550 e. The van der Waals surface area contributed by atoms with E-state index in [4.69, 9.17) is 0 Å². The van der Waals surface area contributed by atoms with E-state index in [0.717, 1.165) is 44.9 Å². The number of aliphatic carboxylic acids is 1. The molecule has 0 aliphatic carbocycles. The molecule has 0 saturated heterocycles. The van der Waals surface area contributed by atoms with E-state index < -0.39 is 12.1 Å². The maximum atomic E-state index is 10.3. The first-order valence-electron chi connectivity index (χ1n) is 13.8. The first-order valence-corrected chi connectivity index (χ1v) is 13.8. The Morgan fingerprint density at radius 3 is 1.94 bits per heavy atom. The van der Waals surface area contributed by atoms with Gasteiger partial charge in [-0.3, -0.25) is 0 Å². The Morgan fingerprint density at radius 1 is 0.778 bits per heavy atom. The minimum Gasteiger partial charge on any atom is -0.550 e. The maximum absolute atomic E-state index is 10.3. The van der Waals surface area contributed by atoms with Crippen LogP contribution in [-0.4, -0.2) is 17.2 Å². The second kappa shape index (κ2) is 31.7. The van der Waals surface area contributed by atoms with E-state index in [0.29, 0.717) is 6.42 Å². The van der Waals surface area contributed by atoms with Crippen LogP contribution >= 0.6 is 0 Å². The molecule has 0 aliphatic heterocycles. The molecule has 36 heavy (non-hydrogen) atoms. The number of aliphatic hydroxyl groups excluding tert-OH is 1. The average molecular weight is 505 g/mol. The number of carbonyl (C=O) groups is 1. The predicted molar refractivity (Wildman–Crippen MR) is 149 cm³/mol. The minimum absolute atomic E-state index is 0. The molecule has 0 amide bonds. The standard InChI is InChI=1S/C32H50O3.Na/c1-2-3-25-28-31(33)29-26-23-21-19-17-15-13-11-9-7-5-4-6-8-10-12-14-16-18-20-22-24-27-30-32(34)35;/h3-5,9,11,15,17,25-26,29,31,33H,2,6-8,10,12-14,16,18-20,22,24,27-28,30H2,1H3,(H,34,35);/q;+1/p-1/b5-4-,11-9-,17-15-,25-3-,29-26+;/t31-;/m0./s1. The van der Waals surface area contributed by atoms with E-state index in [1.54, 1.807) is 12.2 Å². The topological polar surface area (TPSA) is 60.4 Å². The number of allylic oxidation sites excluding steroid dienone is 8. The van der Waals surface area contributed by atoms with E-state index in [1.807, 2.05) is 6.08 Å². The molecule has 0 bridgehead atoms. The van der Waals surface area contributed by atoms with E-state index in [1.165, 1.54) is 51.4 Å². The zero-order chi connectivity index (χ0) is 25.7. The van der Waals surface area contributed by atoms with Gasteiger partial charge in [0.05, 0.1) is 6.10 Å². The molecule has 0 rings (SSSR count). The zero-order valence-electron chi connectivity index (χ0n) is 23.1. The van der Waals surface area contributed by atoms with Crippen LogP contribution in [-0.2, 0) is 4.79 Å². The van der Waals surface area contributed by atoms with Crippen LogP contribution in [0.5, 0.6) is 0 Å². The van der Waals surface area contributed by atoms with Gasteiger partial charge in [-0.1, -0.05) is 119 Å². The molecule has 1 atom stereocenters. The molecule has 0 aromatic carbocycles. The van der Waals surface area contributed by atoms with Crippen molar-refractivity contribution in [3.05, 3.63) is 60.8 Å². The zero-order valence-corrected chi connectivity index (χ0v) is 25.1. The van der Waals surface area contributed by atoms with Crippen LogP contribution in [0.1, 0.15) is 116 Å². The number of hydrogen-bond donors (Lipinski definition) is 1. The number of hydrogen-bond acceptors (Lipinski definition) is 3. The van der Waals surface area contributed by atoms with E-state index in [9.17, 15) is 15.0 Å². The van der Waals surface area contributed by atoms with Gasteiger partial charge in [-0.2, -0.15) is 0 Å². The molecule has 3 nitrogen and oxygen atoms in total. The number of aliphatic hydroxyl groups is 1. The Kier molecular flexibility index (Phi) is 32.5. The molecule has 0 radical (unpaired) electrons. The molecule has 0 heterocycles. The number of carboxylic acids is 1. The van der Waals surface area contributed by atoms with Gasteiger partial charge in [-0.25, -0.2) is 0 Å². The minimum atomic E-state index is -0.920. The Bertz CT molecular complexity index is 692. The quantitative estimate of drug-likeness (QED) is 0.102. The molecule has 0 saturated carbocycles. The van der Waals surface area contributed by atoms with Gasteiger partial charge >= 0.3 is 29.6 Å². The summed E-state index contributed by atoms with van der Waals surface area (Å²) in [6.45, 7) is 2.08. The van der Waals surface area contributed by atoms with Crippen molar-refractivity contribution in [2.75, 3.05) is 0 Å². The molecule has 0 aromatic rings. The third-order valence-electron chi connectivity index (χ3n) is 5.55. The third kappa shape index (κ3) is 32.7. The fraction of sp³-hybridized carbons (Fsp3) is 0.594. The molecule has 0 unspecified atom stereocenters. The summed E-state index contributed by atoms with van der Waals surface area (Å²) in [5, 5.41) is 20.0. The molecule has 1 N–H and O–H groups in total. The van der Waals surface area contributed by atoms with Crippen LogP contribution in [0.25, 0.3) is 0 Å². The summed E-state index contributed by atoms with van der Waals surface area (Å²) in [7, 11) is 0. The van der Waals surface area contributed by atoms with Crippen molar-refractivity contribution in [1.82, 2.24) is 0 Å². The average Bonchev–Trinajstić information content (AvgIpc) is 2.84. The molecule has 0 aliphatic rings. The van der Waals surface area contributed by atoms with Crippen LogP contribution < -0.4 is 34.7 Å². The number of carboxylic acid groups (broad SMARTS) is 1. The number of rotatable bonds is 22. The summed E-state index contributed by atoms with van der Waals surface area (Å²) >= 11 is 0. The van der Waals surface area contributed by atoms with Crippen molar-refractivity contribution in [2.45, 2.75) is 122 Å². The second-order valence-corrected chi connectivity index (χ2v) is 8.90. The van der Waals surface area contributed by atoms with Crippen molar-refractivity contribution in [3.63, 3.8) is 0 Å². The molecular weight excluding hydrogens is 455 g/mol. The summed E-state index contributed by atoms with van der Waals surface area (Å²) in [6, 6.07) is 0. The first-order chi connectivity index (χ1) is 17.2. The third-order valence-corrected chi connectivity index (χ3v) is 5.55. The van der Waals surface area contributed by atoms with E-state index in [-0.39, 0.29) is 36.0 Å². The summed E-state index contributed by atoms with van der Waals surface area (Å²) in [6.07, 6.45) is 37.9. The molecule has 0 fully saturated rings. The molecule has 0 spiro atoms. The SMILES string of the molecule is CC/C=C\C[C@H](O)/C=C/C#CC/C=C\C/C=C\C/C=C\CCCCCCCCCCCCC(=O)[O-].[Na+]. The Balaban J connectivity index is 0. The van der Waals surface area contributed by atoms with Gasteiger partial charge in [-0.15, -0.1) is 0 Å². The van der Waals surface area contributed by atoms with Crippen molar-refractivity contribution in [1.29, 1.82) is 0 Å². The molecular formula is C32H49NaO3.